The molecule has 1 aromatic heterocycles. The van der Waals surface area contributed by atoms with Gasteiger partial charge in [-0.25, -0.2) is 0 Å². The SMILES string of the molecule is CC(C)N(Cc1cccc(N)c1)C(=O)c1sccc1Br. The third kappa shape index (κ3) is 3.41. The predicted molar refractivity (Wildman–Crippen MR) is 87.9 cm³/mol. The number of anilines is 1. The van der Waals surface area contributed by atoms with Crippen molar-refractivity contribution in [2.45, 2.75) is 26.4 Å². The van der Waals surface area contributed by atoms with Crippen molar-refractivity contribution in [3.8, 4) is 0 Å². The van der Waals surface area contributed by atoms with Gasteiger partial charge in [0.25, 0.3) is 5.91 Å². The molecule has 0 radical (unpaired) electrons. The summed E-state index contributed by atoms with van der Waals surface area (Å²) in [6.07, 6.45) is 0. The summed E-state index contributed by atoms with van der Waals surface area (Å²) in [6, 6.07) is 9.68. The van der Waals surface area contributed by atoms with E-state index in [2.05, 4.69) is 15.9 Å². The molecule has 0 atom stereocenters. The standard InChI is InChI=1S/C15H17BrN2OS/c1-10(2)18(9-11-4-3-5-12(17)8-11)15(19)14-13(16)6-7-20-14/h3-8,10H,9,17H2,1-2H3. The normalized spacial score (nSPS) is 10.8. The van der Waals surface area contributed by atoms with Gasteiger partial charge in [0.15, 0.2) is 0 Å². The van der Waals surface area contributed by atoms with Crippen LogP contribution in [-0.4, -0.2) is 16.8 Å². The summed E-state index contributed by atoms with van der Waals surface area (Å²) < 4.78 is 0.853. The lowest BCUT2D eigenvalue weighted by molar-refractivity contribution is 0.0694. The number of amides is 1. The van der Waals surface area contributed by atoms with E-state index in [1.165, 1.54) is 11.3 Å². The van der Waals surface area contributed by atoms with E-state index in [1.807, 2.05) is 54.5 Å². The molecule has 0 aliphatic carbocycles. The van der Waals surface area contributed by atoms with Crippen LogP contribution in [0.5, 0.6) is 0 Å². The van der Waals surface area contributed by atoms with Gasteiger partial charge in [-0.05, 0) is 58.9 Å². The van der Waals surface area contributed by atoms with E-state index in [4.69, 9.17) is 5.73 Å². The highest BCUT2D eigenvalue weighted by molar-refractivity contribution is 9.10. The molecule has 1 aromatic carbocycles. The van der Waals surface area contributed by atoms with Crippen molar-refractivity contribution in [3.63, 3.8) is 0 Å². The van der Waals surface area contributed by atoms with Gasteiger partial charge in [0.1, 0.15) is 4.88 Å². The molecule has 0 saturated carbocycles. The lowest BCUT2D eigenvalue weighted by Gasteiger charge is -2.26. The fourth-order valence-electron chi connectivity index (χ4n) is 1.95. The highest BCUT2D eigenvalue weighted by atomic mass is 79.9. The first-order valence-electron chi connectivity index (χ1n) is 6.37. The third-order valence-electron chi connectivity index (χ3n) is 3.00. The molecule has 3 nitrogen and oxygen atoms in total. The summed E-state index contributed by atoms with van der Waals surface area (Å²) >= 11 is 4.88. The van der Waals surface area contributed by atoms with Gasteiger partial charge in [-0.2, -0.15) is 0 Å². The summed E-state index contributed by atoms with van der Waals surface area (Å²) in [4.78, 5) is 15.2. The van der Waals surface area contributed by atoms with Gasteiger partial charge in [-0.1, -0.05) is 12.1 Å². The topological polar surface area (TPSA) is 46.3 Å². The fourth-order valence-corrected chi connectivity index (χ4v) is 3.45. The van der Waals surface area contributed by atoms with Gasteiger partial charge < -0.3 is 10.6 Å². The molecule has 0 aliphatic rings. The number of carbonyl (C=O) groups excluding carboxylic acids is 1. The first-order valence-corrected chi connectivity index (χ1v) is 8.04. The smallest absolute Gasteiger partial charge is 0.265 e. The molecule has 20 heavy (non-hydrogen) atoms. The van der Waals surface area contributed by atoms with Crippen LogP contribution in [0.3, 0.4) is 0 Å². The van der Waals surface area contributed by atoms with Gasteiger partial charge >= 0.3 is 0 Å². The monoisotopic (exact) mass is 352 g/mol. The number of rotatable bonds is 4. The number of hydrogen-bond donors (Lipinski definition) is 1. The molecule has 0 aliphatic heterocycles. The fraction of sp³-hybridized carbons (Fsp3) is 0.267. The molecular formula is C15H17BrN2OS. The Bertz CT molecular complexity index is 609. The van der Waals surface area contributed by atoms with Crippen LogP contribution < -0.4 is 5.73 Å². The van der Waals surface area contributed by atoms with Crippen LogP contribution in [0.1, 0.15) is 29.1 Å². The molecule has 1 amide bonds. The second-order valence-electron chi connectivity index (χ2n) is 4.87. The summed E-state index contributed by atoms with van der Waals surface area (Å²) in [6.45, 7) is 4.60. The van der Waals surface area contributed by atoms with E-state index in [9.17, 15) is 4.79 Å². The second kappa shape index (κ2) is 6.41. The van der Waals surface area contributed by atoms with Gasteiger partial charge in [0, 0.05) is 22.7 Å². The number of nitrogens with zero attached hydrogens (tertiary/aromatic N) is 1. The molecule has 106 valence electrons. The minimum Gasteiger partial charge on any atom is -0.399 e. The number of hydrogen-bond acceptors (Lipinski definition) is 3. The number of benzene rings is 1. The molecule has 0 spiro atoms. The molecule has 2 rings (SSSR count). The van der Waals surface area contributed by atoms with Gasteiger partial charge in [0.2, 0.25) is 0 Å². The molecule has 0 saturated heterocycles. The van der Waals surface area contributed by atoms with Crippen molar-refractivity contribution in [3.05, 3.63) is 50.6 Å². The number of nitrogen functional groups attached to an aromatic ring is 1. The third-order valence-corrected chi connectivity index (χ3v) is 4.83. The molecular weight excluding hydrogens is 336 g/mol. The van der Waals surface area contributed by atoms with Crippen LogP contribution in [-0.2, 0) is 6.54 Å². The molecule has 0 bridgehead atoms. The van der Waals surface area contributed by atoms with E-state index in [1.54, 1.807) is 0 Å². The molecule has 1 heterocycles. The number of nitrogens with two attached hydrogens (primary N) is 1. The average Bonchev–Trinajstić information content (AvgIpc) is 2.81. The largest absolute Gasteiger partial charge is 0.399 e. The van der Waals surface area contributed by atoms with E-state index >= 15 is 0 Å². The minimum atomic E-state index is 0.0456. The van der Waals surface area contributed by atoms with E-state index in [-0.39, 0.29) is 11.9 Å². The zero-order valence-electron chi connectivity index (χ0n) is 11.5. The van der Waals surface area contributed by atoms with Gasteiger partial charge in [-0.15, -0.1) is 11.3 Å². The molecule has 2 N–H and O–H groups in total. The highest BCUT2D eigenvalue weighted by Crippen LogP contribution is 2.26. The highest BCUT2D eigenvalue weighted by Gasteiger charge is 2.22. The Hall–Kier alpha value is -1.33. The zero-order chi connectivity index (χ0) is 14.7. The van der Waals surface area contributed by atoms with E-state index in [0.717, 1.165) is 20.6 Å². The van der Waals surface area contributed by atoms with E-state index < -0.39 is 0 Å². The minimum absolute atomic E-state index is 0.0456. The van der Waals surface area contributed by atoms with Crippen molar-refractivity contribution >= 4 is 38.9 Å². The van der Waals surface area contributed by atoms with Crippen LogP contribution in [0.15, 0.2) is 40.2 Å². The lowest BCUT2D eigenvalue weighted by Crippen LogP contribution is -2.36. The average molecular weight is 353 g/mol. The summed E-state index contributed by atoms with van der Waals surface area (Å²) in [5.74, 6) is 0.0456. The quantitative estimate of drug-likeness (QED) is 0.840. The first kappa shape index (κ1) is 15.1. The Kier molecular flexibility index (Phi) is 4.83. The Morgan fingerprint density at radius 1 is 1.40 bits per heavy atom. The van der Waals surface area contributed by atoms with Crippen LogP contribution >= 0.6 is 27.3 Å². The van der Waals surface area contributed by atoms with Crippen molar-refractivity contribution < 1.29 is 4.79 Å². The number of halogens is 1. The Morgan fingerprint density at radius 3 is 2.70 bits per heavy atom. The number of carbonyl (C=O) groups is 1. The van der Waals surface area contributed by atoms with Gasteiger partial charge in [-0.3, -0.25) is 4.79 Å². The molecule has 0 unspecified atom stereocenters. The van der Waals surface area contributed by atoms with Crippen LogP contribution in [0.2, 0.25) is 0 Å². The second-order valence-corrected chi connectivity index (χ2v) is 6.64. The van der Waals surface area contributed by atoms with Crippen LogP contribution in [0, 0.1) is 0 Å². The maximum Gasteiger partial charge on any atom is 0.265 e. The maximum absolute atomic E-state index is 12.6. The summed E-state index contributed by atoms with van der Waals surface area (Å²) in [5.41, 5.74) is 7.56. The van der Waals surface area contributed by atoms with Crippen LogP contribution in [0.4, 0.5) is 5.69 Å². The van der Waals surface area contributed by atoms with Crippen molar-refractivity contribution in [2.75, 3.05) is 5.73 Å². The molecule has 5 heteroatoms. The van der Waals surface area contributed by atoms with Gasteiger partial charge in [0.05, 0.1) is 0 Å². The van der Waals surface area contributed by atoms with Crippen molar-refractivity contribution in [1.82, 2.24) is 4.90 Å². The first-order chi connectivity index (χ1) is 9.49. The predicted octanol–water partition coefficient (Wildman–Crippen LogP) is 4.14. The Labute approximate surface area is 131 Å². The molecule has 0 fully saturated rings. The zero-order valence-corrected chi connectivity index (χ0v) is 13.9. The number of thiophene rings is 1. The van der Waals surface area contributed by atoms with Crippen LogP contribution in [0.25, 0.3) is 0 Å². The maximum atomic E-state index is 12.6. The van der Waals surface area contributed by atoms with Crippen molar-refractivity contribution in [2.24, 2.45) is 0 Å². The van der Waals surface area contributed by atoms with E-state index in [0.29, 0.717) is 6.54 Å². The lowest BCUT2D eigenvalue weighted by atomic mass is 10.1. The summed E-state index contributed by atoms with van der Waals surface area (Å²) in [5, 5.41) is 1.91. The van der Waals surface area contributed by atoms with Crippen molar-refractivity contribution in [1.29, 1.82) is 0 Å². The summed E-state index contributed by atoms with van der Waals surface area (Å²) in [7, 11) is 0. The Balaban J connectivity index is 2.24. The Morgan fingerprint density at radius 2 is 2.15 bits per heavy atom. The molecule has 2 aromatic rings.